The zero-order valence-corrected chi connectivity index (χ0v) is 11.9. The molecule has 0 fully saturated rings. The smallest absolute Gasteiger partial charge is 0.253 e. The third-order valence-electron chi connectivity index (χ3n) is 3.13. The van der Waals surface area contributed by atoms with Crippen LogP contribution in [0.25, 0.3) is 0 Å². The van der Waals surface area contributed by atoms with Crippen molar-refractivity contribution in [3.8, 4) is 0 Å². The largest absolute Gasteiger partial charge is 0.399 e. The Morgan fingerprint density at radius 2 is 2.11 bits per heavy atom. The quantitative estimate of drug-likeness (QED) is 0.609. The Bertz CT molecular complexity index is 456. The van der Waals surface area contributed by atoms with Crippen LogP contribution < -0.4 is 16.4 Å². The molecule has 1 aromatic rings. The molecule has 5 heteroatoms. The summed E-state index contributed by atoms with van der Waals surface area (Å²) in [6.45, 7) is 7.85. The lowest BCUT2D eigenvalue weighted by Crippen LogP contribution is -2.42. The zero-order chi connectivity index (χ0) is 14.6. The number of nitrogen functional groups attached to an aromatic ring is 1. The Balaban J connectivity index is 3.11. The summed E-state index contributed by atoms with van der Waals surface area (Å²) in [5, 5.41) is 15.7. The van der Waals surface area contributed by atoms with Crippen molar-refractivity contribution >= 4 is 17.3 Å². The highest BCUT2D eigenvalue weighted by molar-refractivity contribution is 6.00. The minimum Gasteiger partial charge on any atom is -0.399 e. The van der Waals surface area contributed by atoms with Crippen molar-refractivity contribution in [2.75, 3.05) is 17.6 Å². The molecule has 1 atom stereocenters. The minimum absolute atomic E-state index is 0.161. The van der Waals surface area contributed by atoms with Crippen LogP contribution in [-0.2, 0) is 0 Å². The van der Waals surface area contributed by atoms with Crippen LogP contribution in [0.5, 0.6) is 0 Å². The van der Waals surface area contributed by atoms with Gasteiger partial charge < -0.3 is 21.5 Å². The zero-order valence-electron chi connectivity index (χ0n) is 11.9. The highest BCUT2D eigenvalue weighted by Gasteiger charge is 2.25. The van der Waals surface area contributed by atoms with Crippen LogP contribution in [0, 0.1) is 0 Å². The van der Waals surface area contributed by atoms with Gasteiger partial charge in [0.05, 0.1) is 17.2 Å². The van der Waals surface area contributed by atoms with Gasteiger partial charge in [-0.25, -0.2) is 0 Å². The Kier molecular flexibility index (Phi) is 4.78. The molecule has 0 spiro atoms. The molecule has 0 radical (unpaired) electrons. The first-order valence-corrected chi connectivity index (χ1v) is 6.42. The summed E-state index contributed by atoms with van der Waals surface area (Å²) in [7, 11) is 0. The maximum atomic E-state index is 12.0. The molecule has 0 bridgehead atoms. The Morgan fingerprint density at radius 1 is 1.47 bits per heavy atom. The van der Waals surface area contributed by atoms with Crippen molar-refractivity contribution in [2.24, 2.45) is 0 Å². The summed E-state index contributed by atoms with van der Waals surface area (Å²) in [5.74, 6) is -0.161. The third kappa shape index (κ3) is 3.86. The lowest BCUT2D eigenvalue weighted by Gasteiger charge is -2.31. The predicted octanol–water partition coefficient (Wildman–Crippen LogP) is 1.59. The van der Waals surface area contributed by atoms with E-state index >= 15 is 0 Å². The molecule has 1 amide bonds. The van der Waals surface area contributed by atoms with E-state index in [2.05, 4.69) is 10.6 Å². The highest BCUT2D eigenvalue weighted by Crippen LogP contribution is 2.24. The van der Waals surface area contributed by atoms with Crippen LogP contribution in [-0.4, -0.2) is 29.2 Å². The maximum Gasteiger partial charge on any atom is 0.253 e. The topological polar surface area (TPSA) is 87.4 Å². The monoisotopic (exact) mass is 265 g/mol. The number of hydrogen-bond donors (Lipinski definition) is 4. The summed E-state index contributed by atoms with van der Waals surface area (Å²) in [6, 6.07) is 5.07. The fraction of sp³-hybridized carbons (Fsp3) is 0.500. The summed E-state index contributed by atoms with van der Waals surface area (Å²) >= 11 is 0. The maximum absolute atomic E-state index is 12.0. The predicted molar refractivity (Wildman–Crippen MR) is 78.2 cm³/mol. The average Bonchev–Trinajstić information content (AvgIpc) is 2.28. The van der Waals surface area contributed by atoms with E-state index in [0.717, 1.165) is 0 Å². The van der Waals surface area contributed by atoms with Gasteiger partial charge >= 0.3 is 0 Å². The first-order valence-electron chi connectivity index (χ1n) is 6.42. The van der Waals surface area contributed by atoms with E-state index in [1.54, 1.807) is 25.1 Å². The second kappa shape index (κ2) is 5.93. The average molecular weight is 265 g/mol. The van der Waals surface area contributed by atoms with Crippen molar-refractivity contribution in [1.82, 2.24) is 5.32 Å². The molecule has 1 rings (SSSR count). The van der Waals surface area contributed by atoms with E-state index in [4.69, 9.17) is 5.73 Å². The van der Waals surface area contributed by atoms with E-state index in [9.17, 15) is 9.90 Å². The van der Waals surface area contributed by atoms with E-state index < -0.39 is 11.6 Å². The van der Waals surface area contributed by atoms with Gasteiger partial charge in [0.2, 0.25) is 0 Å². The standard InChI is InChI=1S/C14H23N3O2/c1-5-16-13(19)11-7-6-10(15)8-12(11)17-14(3,4)9(2)18/h6-9,17-18H,5,15H2,1-4H3,(H,16,19). The van der Waals surface area contributed by atoms with E-state index in [1.807, 2.05) is 20.8 Å². The van der Waals surface area contributed by atoms with Crippen LogP contribution in [0.2, 0.25) is 0 Å². The minimum atomic E-state index is -0.573. The van der Waals surface area contributed by atoms with Gasteiger partial charge in [0.1, 0.15) is 0 Å². The Hall–Kier alpha value is -1.75. The molecule has 0 saturated heterocycles. The summed E-state index contributed by atoms with van der Waals surface area (Å²) in [5.41, 5.74) is 6.91. The van der Waals surface area contributed by atoms with E-state index in [0.29, 0.717) is 23.5 Å². The van der Waals surface area contributed by atoms with Crippen LogP contribution in [0.4, 0.5) is 11.4 Å². The molecule has 0 heterocycles. The number of amides is 1. The van der Waals surface area contributed by atoms with Crippen LogP contribution >= 0.6 is 0 Å². The Labute approximate surface area is 114 Å². The number of nitrogens with one attached hydrogen (secondary N) is 2. The molecule has 0 saturated carbocycles. The number of aliphatic hydroxyl groups excluding tert-OH is 1. The van der Waals surface area contributed by atoms with Gasteiger partial charge in [0.25, 0.3) is 5.91 Å². The molecule has 106 valence electrons. The number of hydrogen-bond acceptors (Lipinski definition) is 4. The van der Waals surface area contributed by atoms with Gasteiger partial charge in [-0.15, -0.1) is 0 Å². The molecule has 1 aromatic carbocycles. The number of aliphatic hydroxyl groups is 1. The summed E-state index contributed by atoms with van der Waals surface area (Å²) in [6.07, 6.45) is -0.573. The number of rotatable bonds is 5. The number of carbonyl (C=O) groups is 1. The fourth-order valence-corrected chi connectivity index (χ4v) is 1.57. The fourth-order valence-electron chi connectivity index (χ4n) is 1.57. The molecule has 19 heavy (non-hydrogen) atoms. The molecule has 0 aromatic heterocycles. The van der Waals surface area contributed by atoms with Gasteiger partial charge in [0, 0.05) is 17.9 Å². The molecule has 0 aliphatic heterocycles. The van der Waals surface area contributed by atoms with Crippen molar-refractivity contribution in [1.29, 1.82) is 0 Å². The van der Waals surface area contributed by atoms with Crippen molar-refractivity contribution in [3.63, 3.8) is 0 Å². The second-order valence-electron chi connectivity index (χ2n) is 5.19. The van der Waals surface area contributed by atoms with Crippen LogP contribution in [0.15, 0.2) is 18.2 Å². The molecular weight excluding hydrogens is 242 g/mol. The second-order valence-corrected chi connectivity index (χ2v) is 5.19. The van der Waals surface area contributed by atoms with Gasteiger partial charge in [-0.1, -0.05) is 0 Å². The molecule has 0 aliphatic carbocycles. The third-order valence-corrected chi connectivity index (χ3v) is 3.13. The number of nitrogens with two attached hydrogens (primary N) is 1. The number of carbonyl (C=O) groups excluding carboxylic acids is 1. The SMILES string of the molecule is CCNC(=O)c1ccc(N)cc1NC(C)(C)C(C)O. The van der Waals surface area contributed by atoms with Gasteiger partial charge in [-0.2, -0.15) is 0 Å². The van der Waals surface area contributed by atoms with Crippen molar-refractivity contribution < 1.29 is 9.90 Å². The first-order chi connectivity index (χ1) is 8.77. The molecular formula is C14H23N3O2. The normalized spacial score (nSPS) is 12.9. The van der Waals surface area contributed by atoms with Gasteiger partial charge in [-0.3, -0.25) is 4.79 Å². The summed E-state index contributed by atoms with van der Waals surface area (Å²) in [4.78, 5) is 12.0. The molecule has 5 N–H and O–H groups in total. The molecule has 0 aliphatic rings. The van der Waals surface area contributed by atoms with Gasteiger partial charge in [-0.05, 0) is 45.9 Å². The molecule has 1 unspecified atom stereocenters. The van der Waals surface area contributed by atoms with Crippen LogP contribution in [0.3, 0.4) is 0 Å². The van der Waals surface area contributed by atoms with E-state index in [1.165, 1.54) is 0 Å². The van der Waals surface area contributed by atoms with Crippen LogP contribution in [0.1, 0.15) is 38.1 Å². The number of benzene rings is 1. The lowest BCUT2D eigenvalue weighted by atomic mass is 9.97. The summed E-state index contributed by atoms with van der Waals surface area (Å²) < 4.78 is 0. The first kappa shape index (κ1) is 15.3. The van der Waals surface area contributed by atoms with Crippen molar-refractivity contribution in [3.05, 3.63) is 23.8 Å². The van der Waals surface area contributed by atoms with Gasteiger partial charge in [0.15, 0.2) is 0 Å². The van der Waals surface area contributed by atoms with E-state index in [-0.39, 0.29) is 5.91 Å². The van der Waals surface area contributed by atoms with Crippen molar-refractivity contribution in [2.45, 2.75) is 39.3 Å². The lowest BCUT2D eigenvalue weighted by molar-refractivity contribution is 0.0955. The molecule has 5 nitrogen and oxygen atoms in total. The Morgan fingerprint density at radius 3 is 2.63 bits per heavy atom. The highest BCUT2D eigenvalue weighted by atomic mass is 16.3. The number of anilines is 2.